The normalized spacial score (nSPS) is 13.9. The molecule has 0 aromatic carbocycles. The number of rotatable bonds is 5. The quantitative estimate of drug-likeness (QED) is 0.797. The zero-order valence-electron chi connectivity index (χ0n) is 8.88. The van der Waals surface area contributed by atoms with Crippen LogP contribution in [0.25, 0.3) is 0 Å². The molecule has 7 heteroatoms. The summed E-state index contributed by atoms with van der Waals surface area (Å²) in [6, 6.07) is 1.50. The molecular weight excluding hydrogens is 234 g/mol. The number of aliphatic carboxylic acids is 1. The molecule has 0 aliphatic heterocycles. The van der Waals surface area contributed by atoms with Gasteiger partial charge in [0.15, 0.2) is 0 Å². The number of carboxylic acids is 1. The van der Waals surface area contributed by atoms with Gasteiger partial charge in [0.1, 0.15) is 6.04 Å². The maximum atomic E-state index is 11.6. The molecule has 1 aromatic heterocycles. The van der Waals surface area contributed by atoms with Gasteiger partial charge < -0.3 is 9.52 Å². The summed E-state index contributed by atoms with van der Waals surface area (Å²) in [5.41, 5.74) is 0. The second-order valence-corrected chi connectivity index (χ2v) is 5.26. The lowest BCUT2D eigenvalue weighted by Crippen LogP contribution is -2.44. The van der Waals surface area contributed by atoms with Crippen molar-refractivity contribution in [3.8, 4) is 0 Å². The molecule has 1 heterocycles. The number of sulfonamides is 1. The third-order valence-corrected chi connectivity index (χ3v) is 3.30. The maximum absolute atomic E-state index is 11.6. The first-order valence-electron chi connectivity index (χ1n) is 4.63. The van der Waals surface area contributed by atoms with Crippen LogP contribution in [-0.4, -0.2) is 25.5 Å². The third kappa shape index (κ3) is 2.83. The first kappa shape index (κ1) is 12.7. The van der Waals surface area contributed by atoms with E-state index in [1.807, 2.05) is 0 Å². The Morgan fingerprint density at radius 2 is 2.12 bits per heavy atom. The number of furan rings is 1. The van der Waals surface area contributed by atoms with Gasteiger partial charge in [-0.05, 0) is 18.1 Å². The molecule has 0 saturated carbocycles. The van der Waals surface area contributed by atoms with Crippen molar-refractivity contribution in [2.75, 3.05) is 0 Å². The van der Waals surface area contributed by atoms with Crippen molar-refractivity contribution in [1.82, 2.24) is 4.72 Å². The molecule has 0 aliphatic carbocycles. The van der Waals surface area contributed by atoms with Crippen LogP contribution in [0.2, 0.25) is 0 Å². The summed E-state index contributed by atoms with van der Waals surface area (Å²) in [6.45, 7) is 3.23. The van der Waals surface area contributed by atoms with Crippen molar-refractivity contribution in [2.45, 2.75) is 25.0 Å². The summed E-state index contributed by atoms with van der Waals surface area (Å²) in [4.78, 5) is 10.8. The fourth-order valence-corrected chi connectivity index (χ4v) is 2.38. The van der Waals surface area contributed by atoms with E-state index >= 15 is 0 Å². The van der Waals surface area contributed by atoms with Crippen molar-refractivity contribution in [1.29, 1.82) is 0 Å². The molecule has 0 unspecified atom stereocenters. The van der Waals surface area contributed by atoms with E-state index in [-0.39, 0.29) is 11.0 Å². The van der Waals surface area contributed by atoms with Gasteiger partial charge in [0.2, 0.25) is 5.09 Å². The van der Waals surface area contributed by atoms with E-state index in [9.17, 15) is 13.2 Å². The van der Waals surface area contributed by atoms with E-state index in [4.69, 9.17) is 9.52 Å². The van der Waals surface area contributed by atoms with Gasteiger partial charge in [-0.25, -0.2) is 8.42 Å². The van der Waals surface area contributed by atoms with Crippen LogP contribution in [0.3, 0.4) is 0 Å². The molecular formula is C9H13NO5S. The first-order chi connectivity index (χ1) is 7.34. The van der Waals surface area contributed by atoms with Crippen LogP contribution in [-0.2, 0) is 14.8 Å². The first-order valence-corrected chi connectivity index (χ1v) is 6.11. The summed E-state index contributed by atoms with van der Waals surface area (Å²) in [7, 11) is -3.90. The largest absolute Gasteiger partial charge is 0.480 e. The van der Waals surface area contributed by atoms with E-state index in [0.29, 0.717) is 0 Å². The van der Waals surface area contributed by atoms with Crippen LogP contribution in [0.1, 0.15) is 13.8 Å². The molecule has 1 rings (SSSR count). The van der Waals surface area contributed by atoms with Gasteiger partial charge in [-0.2, -0.15) is 4.72 Å². The Morgan fingerprint density at radius 1 is 1.50 bits per heavy atom. The SMILES string of the molecule is CC(C)[C@@H](NS(=O)(=O)c1ccco1)C(=O)O. The fourth-order valence-electron chi connectivity index (χ4n) is 1.11. The van der Waals surface area contributed by atoms with E-state index in [1.165, 1.54) is 18.4 Å². The number of carbonyl (C=O) groups is 1. The minimum absolute atomic E-state index is 0.292. The second-order valence-electron chi connectivity index (χ2n) is 3.61. The number of hydrogen-bond donors (Lipinski definition) is 2. The van der Waals surface area contributed by atoms with Crippen LogP contribution in [0.4, 0.5) is 0 Å². The molecule has 0 aliphatic rings. The molecule has 90 valence electrons. The van der Waals surface area contributed by atoms with Crippen LogP contribution in [0.15, 0.2) is 27.9 Å². The smallest absolute Gasteiger partial charge is 0.322 e. The van der Waals surface area contributed by atoms with Gasteiger partial charge in [-0.1, -0.05) is 13.8 Å². The highest BCUT2D eigenvalue weighted by molar-refractivity contribution is 7.89. The minimum Gasteiger partial charge on any atom is -0.480 e. The highest BCUT2D eigenvalue weighted by atomic mass is 32.2. The Balaban J connectivity index is 2.92. The molecule has 1 aromatic rings. The van der Waals surface area contributed by atoms with Gasteiger partial charge in [-0.15, -0.1) is 0 Å². The fraction of sp³-hybridized carbons (Fsp3) is 0.444. The summed E-state index contributed by atoms with van der Waals surface area (Å²) in [5.74, 6) is -1.58. The van der Waals surface area contributed by atoms with E-state index in [2.05, 4.69) is 4.72 Å². The molecule has 0 amide bonds. The summed E-state index contributed by atoms with van der Waals surface area (Å²) < 4.78 is 30.1. The molecule has 1 atom stereocenters. The predicted molar refractivity (Wildman–Crippen MR) is 55.3 cm³/mol. The maximum Gasteiger partial charge on any atom is 0.322 e. The third-order valence-electron chi connectivity index (χ3n) is 1.97. The van der Waals surface area contributed by atoms with E-state index < -0.39 is 22.0 Å². The average Bonchev–Trinajstić information content (AvgIpc) is 2.66. The standard InChI is InChI=1S/C9H13NO5S/c1-6(2)8(9(11)12)10-16(13,14)7-4-3-5-15-7/h3-6,8,10H,1-2H3,(H,11,12)/t8-/m1/s1. The molecule has 0 spiro atoms. The van der Waals surface area contributed by atoms with Crippen molar-refractivity contribution < 1.29 is 22.7 Å². The molecule has 2 N–H and O–H groups in total. The number of nitrogens with one attached hydrogen (secondary N) is 1. The molecule has 0 radical (unpaired) electrons. The van der Waals surface area contributed by atoms with Crippen LogP contribution >= 0.6 is 0 Å². The van der Waals surface area contributed by atoms with Crippen molar-refractivity contribution in [3.63, 3.8) is 0 Å². The van der Waals surface area contributed by atoms with Crippen LogP contribution < -0.4 is 4.72 Å². The lowest BCUT2D eigenvalue weighted by Gasteiger charge is -2.16. The average molecular weight is 247 g/mol. The van der Waals surface area contributed by atoms with Gasteiger partial charge >= 0.3 is 5.97 Å². The van der Waals surface area contributed by atoms with Gasteiger partial charge in [0.25, 0.3) is 10.0 Å². The Bertz CT molecular complexity index is 448. The lowest BCUT2D eigenvalue weighted by molar-refractivity contribution is -0.140. The van der Waals surface area contributed by atoms with Crippen molar-refractivity contribution in [3.05, 3.63) is 18.4 Å². The second kappa shape index (κ2) is 4.67. The molecule has 0 bridgehead atoms. The molecule has 6 nitrogen and oxygen atoms in total. The van der Waals surface area contributed by atoms with Gasteiger partial charge in [0, 0.05) is 0 Å². The predicted octanol–water partition coefficient (Wildman–Crippen LogP) is 0.667. The Kier molecular flexibility index (Phi) is 3.71. The van der Waals surface area contributed by atoms with E-state index in [0.717, 1.165) is 0 Å². The van der Waals surface area contributed by atoms with Gasteiger partial charge in [-0.3, -0.25) is 4.79 Å². The molecule has 0 saturated heterocycles. The summed E-state index contributed by atoms with van der Waals surface area (Å²) in [5, 5.41) is 8.55. The summed E-state index contributed by atoms with van der Waals surface area (Å²) in [6.07, 6.45) is 1.21. The lowest BCUT2D eigenvalue weighted by atomic mass is 10.1. The topological polar surface area (TPSA) is 96.6 Å². The number of carboxylic acid groups (broad SMARTS) is 1. The monoisotopic (exact) mass is 247 g/mol. The van der Waals surface area contributed by atoms with Crippen molar-refractivity contribution in [2.24, 2.45) is 5.92 Å². The zero-order chi connectivity index (χ0) is 12.3. The van der Waals surface area contributed by atoms with E-state index in [1.54, 1.807) is 13.8 Å². The molecule has 16 heavy (non-hydrogen) atoms. The highest BCUT2D eigenvalue weighted by Gasteiger charge is 2.29. The Labute approximate surface area is 93.3 Å². The minimum atomic E-state index is -3.90. The Morgan fingerprint density at radius 3 is 2.50 bits per heavy atom. The van der Waals surface area contributed by atoms with Gasteiger partial charge in [0.05, 0.1) is 6.26 Å². The molecule has 0 fully saturated rings. The Hall–Kier alpha value is -1.34. The van der Waals surface area contributed by atoms with Crippen molar-refractivity contribution >= 4 is 16.0 Å². The summed E-state index contributed by atoms with van der Waals surface area (Å²) >= 11 is 0. The highest BCUT2D eigenvalue weighted by Crippen LogP contribution is 2.12. The van der Waals surface area contributed by atoms with Crippen LogP contribution in [0, 0.1) is 5.92 Å². The number of hydrogen-bond acceptors (Lipinski definition) is 4. The van der Waals surface area contributed by atoms with Crippen LogP contribution in [0.5, 0.6) is 0 Å². The zero-order valence-corrected chi connectivity index (χ0v) is 9.69.